The highest BCUT2D eigenvalue weighted by atomic mass is 31.2. The third kappa shape index (κ3) is 41.9. The van der Waals surface area contributed by atoms with E-state index in [0.717, 1.165) is 51.4 Å². The fourth-order valence-electron chi connectivity index (χ4n) is 6.12. The second-order valence-electron chi connectivity index (χ2n) is 16.4. The molecule has 0 aromatic carbocycles. The Kier molecular flexibility index (Phi) is 37.0. The third-order valence-electron chi connectivity index (χ3n) is 9.70. The van der Waals surface area contributed by atoms with Crippen LogP contribution in [0.25, 0.3) is 0 Å². The van der Waals surface area contributed by atoms with Crippen LogP contribution in [0.2, 0.25) is 0 Å². The van der Waals surface area contributed by atoms with Crippen molar-refractivity contribution in [3.8, 4) is 0 Å². The summed E-state index contributed by atoms with van der Waals surface area (Å²) in [4.78, 5) is 35.4. The van der Waals surface area contributed by atoms with Crippen molar-refractivity contribution in [1.82, 2.24) is 0 Å². The monoisotopic (exact) mass is 801 g/mol. The van der Waals surface area contributed by atoms with E-state index in [2.05, 4.69) is 38.2 Å². The summed E-state index contributed by atoms with van der Waals surface area (Å²) < 4.78 is 34.3. The first kappa shape index (κ1) is 53.5. The number of quaternary nitrogens is 1. The molecular weight excluding hydrogens is 713 g/mol. The fourth-order valence-corrected chi connectivity index (χ4v) is 6.86. The lowest BCUT2D eigenvalue weighted by molar-refractivity contribution is -0.870. The van der Waals surface area contributed by atoms with E-state index in [1.165, 1.54) is 116 Å². The zero-order valence-electron chi connectivity index (χ0n) is 36.4. The maximum Gasteiger partial charge on any atom is 0.472 e. The molecule has 9 nitrogen and oxygen atoms in total. The number of nitrogens with zero attached hydrogens (tertiary/aromatic N) is 1. The first-order valence-corrected chi connectivity index (χ1v) is 24.1. The number of esters is 2. The summed E-state index contributed by atoms with van der Waals surface area (Å²) in [5.74, 6) is -0.809. The van der Waals surface area contributed by atoms with Crippen molar-refractivity contribution in [2.24, 2.45) is 0 Å². The summed E-state index contributed by atoms with van der Waals surface area (Å²) in [5.41, 5.74) is 0. The van der Waals surface area contributed by atoms with E-state index in [4.69, 9.17) is 18.5 Å². The largest absolute Gasteiger partial charge is 0.472 e. The van der Waals surface area contributed by atoms with E-state index in [1.54, 1.807) is 0 Å². The van der Waals surface area contributed by atoms with Gasteiger partial charge in [0.15, 0.2) is 6.10 Å². The van der Waals surface area contributed by atoms with Crippen LogP contribution in [0.15, 0.2) is 24.3 Å². The summed E-state index contributed by atoms with van der Waals surface area (Å²) >= 11 is 0. The first-order valence-electron chi connectivity index (χ1n) is 22.6. The maximum atomic E-state index is 12.7. The molecule has 0 saturated heterocycles. The fraction of sp³-hybridized carbons (Fsp3) is 0.867. The summed E-state index contributed by atoms with van der Waals surface area (Å²) in [6, 6.07) is 0. The third-order valence-corrected chi connectivity index (χ3v) is 10.7. The lowest BCUT2D eigenvalue weighted by atomic mass is 10.1. The summed E-state index contributed by atoms with van der Waals surface area (Å²) in [5, 5.41) is 0. The zero-order valence-corrected chi connectivity index (χ0v) is 37.3. The number of allylic oxidation sites excluding steroid dienone is 4. The molecule has 0 aliphatic carbocycles. The molecule has 2 atom stereocenters. The Bertz CT molecular complexity index is 996. The Morgan fingerprint density at radius 2 is 0.927 bits per heavy atom. The van der Waals surface area contributed by atoms with Gasteiger partial charge in [0, 0.05) is 12.8 Å². The minimum Gasteiger partial charge on any atom is -0.462 e. The van der Waals surface area contributed by atoms with Crippen LogP contribution in [-0.2, 0) is 32.7 Å². The number of phosphoric acid groups is 1. The molecule has 0 aliphatic heterocycles. The molecule has 10 heteroatoms. The molecule has 0 aromatic rings. The Morgan fingerprint density at radius 1 is 0.545 bits per heavy atom. The number of hydrogen-bond donors (Lipinski definition) is 1. The van der Waals surface area contributed by atoms with Crippen LogP contribution >= 0.6 is 7.82 Å². The van der Waals surface area contributed by atoms with Crippen molar-refractivity contribution < 1.29 is 42.1 Å². The molecule has 1 unspecified atom stereocenters. The highest BCUT2D eigenvalue weighted by Gasteiger charge is 2.27. The van der Waals surface area contributed by atoms with Gasteiger partial charge in [-0.05, 0) is 64.2 Å². The van der Waals surface area contributed by atoms with Crippen LogP contribution < -0.4 is 0 Å². The van der Waals surface area contributed by atoms with E-state index >= 15 is 0 Å². The van der Waals surface area contributed by atoms with Crippen LogP contribution in [0.3, 0.4) is 0 Å². The first-order chi connectivity index (χ1) is 26.5. The molecule has 0 fully saturated rings. The predicted octanol–water partition coefficient (Wildman–Crippen LogP) is 12.7. The van der Waals surface area contributed by atoms with Crippen molar-refractivity contribution in [2.45, 2.75) is 206 Å². The van der Waals surface area contributed by atoms with E-state index in [9.17, 15) is 19.0 Å². The van der Waals surface area contributed by atoms with Crippen LogP contribution in [-0.4, -0.2) is 74.9 Å². The van der Waals surface area contributed by atoms with Crippen LogP contribution in [0.5, 0.6) is 0 Å². The van der Waals surface area contributed by atoms with Gasteiger partial charge in [-0.25, -0.2) is 4.57 Å². The molecule has 0 saturated carbocycles. The van der Waals surface area contributed by atoms with E-state index < -0.39 is 26.5 Å². The lowest BCUT2D eigenvalue weighted by Crippen LogP contribution is -2.37. The van der Waals surface area contributed by atoms with Crippen molar-refractivity contribution >= 4 is 19.8 Å². The second kappa shape index (κ2) is 38.0. The number of hydrogen-bond acceptors (Lipinski definition) is 7. The smallest absolute Gasteiger partial charge is 0.462 e. The van der Waals surface area contributed by atoms with Gasteiger partial charge in [0.1, 0.15) is 19.8 Å². The highest BCUT2D eigenvalue weighted by molar-refractivity contribution is 7.47. The number of ether oxygens (including phenoxy) is 2. The molecule has 0 rings (SSSR count). The quantitative estimate of drug-likeness (QED) is 0.0214. The molecule has 0 radical (unpaired) electrons. The number of carbonyl (C=O) groups excluding carboxylic acids is 2. The normalized spacial score (nSPS) is 13.8. The Labute approximate surface area is 339 Å². The molecular formula is C45H87NO8P+. The van der Waals surface area contributed by atoms with Crippen LogP contribution in [0.1, 0.15) is 200 Å². The topological polar surface area (TPSA) is 108 Å². The van der Waals surface area contributed by atoms with Gasteiger partial charge in [-0.1, -0.05) is 147 Å². The number of rotatable bonds is 41. The van der Waals surface area contributed by atoms with Gasteiger partial charge in [0.05, 0.1) is 27.7 Å². The molecule has 0 aliphatic rings. The van der Waals surface area contributed by atoms with Gasteiger partial charge in [0.2, 0.25) is 0 Å². The molecule has 55 heavy (non-hydrogen) atoms. The van der Waals surface area contributed by atoms with Crippen molar-refractivity contribution in [2.75, 3.05) is 47.5 Å². The van der Waals surface area contributed by atoms with Gasteiger partial charge < -0.3 is 18.9 Å². The van der Waals surface area contributed by atoms with Crippen molar-refractivity contribution in [3.05, 3.63) is 24.3 Å². The molecule has 0 spiro atoms. The van der Waals surface area contributed by atoms with Gasteiger partial charge in [-0.3, -0.25) is 18.6 Å². The number of phosphoric ester groups is 1. The lowest BCUT2D eigenvalue weighted by Gasteiger charge is -2.24. The number of carbonyl (C=O) groups is 2. The maximum absolute atomic E-state index is 12.7. The summed E-state index contributed by atoms with van der Waals surface area (Å²) in [6.45, 7) is 4.40. The molecule has 1 N–H and O–H groups in total. The average molecular weight is 801 g/mol. The predicted molar refractivity (Wildman–Crippen MR) is 229 cm³/mol. The van der Waals surface area contributed by atoms with Gasteiger partial charge in [-0.15, -0.1) is 0 Å². The number of unbranched alkanes of at least 4 members (excludes halogenated alkanes) is 23. The van der Waals surface area contributed by atoms with E-state index in [0.29, 0.717) is 17.4 Å². The molecule has 0 heterocycles. The second-order valence-corrected chi connectivity index (χ2v) is 17.9. The molecule has 0 bridgehead atoms. The Balaban J connectivity index is 4.34. The van der Waals surface area contributed by atoms with E-state index in [1.807, 2.05) is 21.1 Å². The van der Waals surface area contributed by atoms with Gasteiger partial charge in [0.25, 0.3) is 0 Å². The molecule has 324 valence electrons. The van der Waals surface area contributed by atoms with Gasteiger partial charge >= 0.3 is 19.8 Å². The molecule has 0 amide bonds. The van der Waals surface area contributed by atoms with Crippen LogP contribution in [0.4, 0.5) is 0 Å². The van der Waals surface area contributed by atoms with Crippen molar-refractivity contribution in [1.29, 1.82) is 0 Å². The van der Waals surface area contributed by atoms with Gasteiger partial charge in [-0.2, -0.15) is 0 Å². The average Bonchev–Trinajstić information content (AvgIpc) is 3.13. The standard InChI is InChI=1S/C45H86NO8P/c1-6-8-10-12-14-16-18-20-22-23-24-26-27-29-31-33-35-37-44(47)51-41-43(42-53-55(49,50)52-40-39-46(3,4)5)54-45(48)38-36-34-32-30-28-25-21-19-17-15-13-11-9-7-2/h19-22,43H,6-18,23-42H2,1-5H3/p+1/b21-19-,22-20-/t43-/m1/s1. The van der Waals surface area contributed by atoms with E-state index in [-0.39, 0.29) is 32.0 Å². The SMILES string of the molecule is CCCCCCC/C=C\CCCCCCCC(=O)O[C@H](COC(=O)CCCCCCCCC/C=C\CCCCCCCC)COP(=O)(O)OCC[N+](C)(C)C. The Hall–Kier alpha value is -1.51. The Morgan fingerprint density at radius 3 is 1.35 bits per heavy atom. The highest BCUT2D eigenvalue weighted by Crippen LogP contribution is 2.43. The van der Waals surface area contributed by atoms with Crippen LogP contribution in [0, 0.1) is 0 Å². The summed E-state index contributed by atoms with van der Waals surface area (Å²) in [7, 11) is 1.47. The zero-order chi connectivity index (χ0) is 40.7. The minimum atomic E-state index is -4.37. The molecule has 0 aromatic heterocycles. The van der Waals surface area contributed by atoms with Crippen molar-refractivity contribution in [3.63, 3.8) is 0 Å². The minimum absolute atomic E-state index is 0.0306. The summed E-state index contributed by atoms with van der Waals surface area (Å²) in [6.07, 6.45) is 40.7. The number of likely N-dealkylation sites (N-methyl/N-ethyl adjacent to an activating group) is 1.